The van der Waals surface area contributed by atoms with Crippen molar-refractivity contribution >= 4 is 51.2 Å². The zero-order valence-corrected chi connectivity index (χ0v) is 19.8. The molecule has 1 saturated carbocycles. The van der Waals surface area contributed by atoms with Gasteiger partial charge in [0, 0.05) is 11.3 Å². The number of hydrogen-bond acceptors (Lipinski definition) is 6. The van der Waals surface area contributed by atoms with Gasteiger partial charge in [-0.1, -0.05) is 49.9 Å². The van der Waals surface area contributed by atoms with Crippen LogP contribution in [0.3, 0.4) is 0 Å². The molecule has 1 atom stereocenters. The predicted molar refractivity (Wildman–Crippen MR) is 131 cm³/mol. The molecule has 4 N–H and O–H groups in total. The van der Waals surface area contributed by atoms with Crippen molar-refractivity contribution in [2.24, 2.45) is 10.3 Å². The summed E-state index contributed by atoms with van der Waals surface area (Å²) in [4.78, 5) is 13.9. The number of nitrogen functional groups attached to an aromatic ring is 1. The fourth-order valence-corrected chi connectivity index (χ4v) is 6.47. The van der Waals surface area contributed by atoms with Crippen molar-refractivity contribution in [2.75, 3.05) is 11.1 Å². The molecule has 174 valence electrons. The van der Waals surface area contributed by atoms with Crippen molar-refractivity contribution in [3.8, 4) is 0 Å². The Morgan fingerprint density at radius 3 is 2.61 bits per heavy atom. The zero-order valence-electron chi connectivity index (χ0n) is 18.2. The number of nitrogens with zero attached hydrogens (tertiary/aromatic N) is 1. The van der Waals surface area contributed by atoms with E-state index >= 15 is 0 Å². The lowest BCUT2D eigenvalue weighted by atomic mass is 9.65. The molecule has 1 heterocycles. The minimum Gasteiger partial charge on any atom is -0.506 e. The predicted octanol–water partition coefficient (Wildman–Crippen LogP) is 4.59. The number of amidine groups is 1. The van der Waals surface area contributed by atoms with Crippen molar-refractivity contribution in [2.45, 2.75) is 49.3 Å². The number of Topliss-reactive ketones (excluding diaryl/α,β-unsaturated/α-hetero) is 1. The number of aliphatic hydroxyl groups is 1. The Labute approximate surface area is 199 Å². The molecule has 2 aromatic rings. The van der Waals surface area contributed by atoms with Gasteiger partial charge < -0.3 is 16.2 Å². The molecule has 0 radical (unpaired) electrons. The lowest BCUT2D eigenvalue weighted by molar-refractivity contribution is -0.120. The second kappa shape index (κ2) is 8.18. The number of fused-ring (bicyclic) bond motifs is 2. The summed E-state index contributed by atoms with van der Waals surface area (Å²) in [5.41, 5.74) is 6.64. The first kappa shape index (κ1) is 23.3. The summed E-state index contributed by atoms with van der Waals surface area (Å²) in [6, 6.07) is 11.7. The largest absolute Gasteiger partial charge is 0.506 e. The topological polar surface area (TPSA) is 122 Å². The van der Waals surface area contributed by atoms with Crippen LogP contribution in [0, 0.1) is 5.92 Å². The highest BCUT2D eigenvalue weighted by Crippen LogP contribution is 2.46. The highest BCUT2D eigenvalue weighted by molar-refractivity contribution is 7.90. The summed E-state index contributed by atoms with van der Waals surface area (Å²) in [6.45, 7) is 1.89. The molecule has 5 rings (SSSR count). The van der Waals surface area contributed by atoms with Crippen LogP contribution in [0.25, 0.3) is 5.76 Å². The van der Waals surface area contributed by atoms with Gasteiger partial charge in [-0.2, -0.15) is 8.42 Å². The second-order valence-corrected chi connectivity index (χ2v) is 10.7. The van der Waals surface area contributed by atoms with Crippen molar-refractivity contribution in [3.63, 3.8) is 0 Å². The average Bonchev–Trinajstić information content (AvgIpc) is 3.26. The van der Waals surface area contributed by atoms with Crippen molar-refractivity contribution in [3.05, 3.63) is 59.2 Å². The van der Waals surface area contributed by atoms with E-state index in [0.29, 0.717) is 23.6 Å². The quantitative estimate of drug-likeness (QED) is 0.544. The third kappa shape index (κ3) is 3.71. The van der Waals surface area contributed by atoms with Crippen LogP contribution < -0.4 is 11.1 Å². The smallest absolute Gasteiger partial charge is 0.286 e. The van der Waals surface area contributed by atoms with Gasteiger partial charge in [0.2, 0.25) is 0 Å². The molecule has 1 unspecified atom stereocenters. The molecule has 0 bridgehead atoms. The lowest BCUT2D eigenvalue weighted by Gasteiger charge is -2.37. The molecule has 33 heavy (non-hydrogen) atoms. The Hall–Kier alpha value is -2.84. The van der Waals surface area contributed by atoms with Crippen molar-refractivity contribution < 1.29 is 18.3 Å². The van der Waals surface area contributed by atoms with Gasteiger partial charge in [0.15, 0.2) is 11.6 Å². The number of rotatable bonds is 3. The molecule has 7 nitrogen and oxygen atoms in total. The third-order valence-corrected chi connectivity index (χ3v) is 8.21. The van der Waals surface area contributed by atoms with Gasteiger partial charge in [-0.05, 0) is 43.0 Å². The SMILES string of the molecule is CC1(CC2CCCC2)C(=O)C(C2=NS(=O)(=O)c3cc(N)ccc3N2)=C(O)c2ccccc21.Cl. The minimum atomic E-state index is -4.10. The van der Waals surface area contributed by atoms with Crippen LogP contribution in [0.1, 0.15) is 50.2 Å². The first-order chi connectivity index (χ1) is 15.2. The number of nitrogens with two attached hydrogens (primary N) is 1. The molecule has 1 aliphatic heterocycles. The van der Waals surface area contributed by atoms with E-state index < -0.39 is 15.4 Å². The number of hydrogen-bond donors (Lipinski definition) is 3. The fourth-order valence-electron chi connectivity index (χ4n) is 5.31. The summed E-state index contributed by atoms with van der Waals surface area (Å²) < 4.78 is 29.6. The van der Waals surface area contributed by atoms with Gasteiger partial charge >= 0.3 is 0 Å². The van der Waals surface area contributed by atoms with Gasteiger partial charge in [-0.25, -0.2) is 0 Å². The summed E-state index contributed by atoms with van der Waals surface area (Å²) >= 11 is 0. The molecule has 2 aromatic carbocycles. The van der Waals surface area contributed by atoms with Crippen LogP contribution in [-0.2, 0) is 20.2 Å². The minimum absolute atomic E-state index is 0. The normalized spacial score (nSPS) is 23.8. The van der Waals surface area contributed by atoms with Crippen LogP contribution >= 0.6 is 12.4 Å². The number of nitrogens with one attached hydrogen (secondary N) is 1. The highest BCUT2D eigenvalue weighted by atomic mass is 35.5. The Balaban J connectivity index is 0.00000259. The van der Waals surface area contributed by atoms with E-state index in [1.807, 2.05) is 19.1 Å². The van der Waals surface area contributed by atoms with E-state index in [0.717, 1.165) is 31.2 Å². The van der Waals surface area contributed by atoms with Crippen LogP contribution in [0.15, 0.2) is 57.3 Å². The molecule has 1 fully saturated rings. The van der Waals surface area contributed by atoms with Crippen LogP contribution in [0.2, 0.25) is 0 Å². The van der Waals surface area contributed by atoms with Crippen molar-refractivity contribution in [1.29, 1.82) is 0 Å². The number of ketones is 1. The van der Waals surface area contributed by atoms with Crippen LogP contribution in [-0.4, -0.2) is 25.1 Å². The monoisotopic (exact) mass is 487 g/mol. The van der Waals surface area contributed by atoms with E-state index in [2.05, 4.69) is 9.71 Å². The van der Waals surface area contributed by atoms with Crippen LogP contribution in [0.4, 0.5) is 11.4 Å². The first-order valence-electron chi connectivity index (χ1n) is 10.8. The van der Waals surface area contributed by atoms with Gasteiger partial charge in [0.25, 0.3) is 10.0 Å². The van der Waals surface area contributed by atoms with Crippen LogP contribution in [0.5, 0.6) is 0 Å². The van der Waals surface area contributed by atoms with Gasteiger partial charge in [0.05, 0.1) is 11.1 Å². The summed E-state index contributed by atoms with van der Waals surface area (Å²) in [7, 11) is -4.10. The van der Waals surface area contributed by atoms with E-state index in [1.54, 1.807) is 18.2 Å². The van der Waals surface area contributed by atoms with E-state index in [-0.39, 0.29) is 45.9 Å². The van der Waals surface area contributed by atoms with Gasteiger partial charge in [-0.15, -0.1) is 16.8 Å². The Bertz CT molecular complexity index is 1310. The second-order valence-electron chi connectivity index (χ2n) is 9.08. The van der Waals surface area contributed by atoms with E-state index in [4.69, 9.17) is 5.73 Å². The fraction of sp³-hybridized carbons (Fsp3) is 0.333. The third-order valence-electron chi connectivity index (χ3n) is 6.90. The van der Waals surface area contributed by atoms with E-state index in [9.17, 15) is 18.3 Å². The number of carbonyl (C=O) groups excluding carboxylic acids is 1. The number of sulfonamides is 1. The molecule has 0 saturated heterocycles. The Morgan fingerprint density at radius 1 is 1.18 bits per heavy atom. The molecule has 0 spiro atoms. The molecule has 2 aliphatic carbocycles. The Morgan fingerprint density at radius 2 is 1.88 bits per heavy atom. The molecular formula is C24H26ClN3O4S. The lowest BCUT2D eigenvalue weighted by Crippen LogP contribution is -2.43. The zero-order chi connectivity index (χ0) is 22.7. The number of aliphatic hydroxyl groups excluding tert-OH is 1. The molecule has 9 heteroatoms. The first-order valence-corrected chi connectivity index (χ1v) is 12.2. The maximum Gasteiger partial charge on any atom is 0.286 e. The number of halogens is 1. The number of benzene rings is 2. The molecule has 0 aromatic heterocycles. The standard InChI is InChI=1S/C24H25N3O4S.ClH/c1-24(13-14-6-2-3-7-14)17-9-5-4-8-16(17)21(28)20(22(24)29)23-26-18-11-10-15(25)12-19(18)32(30,31)27-23;/h4-5,8-12,14,28H,2-3,6-7,13,25H2,1H3,(H,26,27);1H. The van der Waals surface area contributed by atoms with Gasteiger partial charge in [0.1, 0.15) is 16.2 Å². The maximum absolute atomic E-state index is 13.9. The highest BCUT2D eigenvalue weighted by Gasteiger charge is 2.47. The summed E-state index contributed by atoms with van der Waals surface area (Å²) in [6.07, 6.45) is 5.08. The summed E-state index contributed by atoms with van der Waals surface area (Å²) in [5, 5.41) is 14.1. The van der Waals surface area contributed by atoms with Gasteiger partial charge in [-0.3, -0.25) is 4.79 Å². The Kier molecular flexibility index (Phi) is 5.78. The van der Waals surface area contributed by atoms with E-state index in [1.165, 1.54) is 12.1 Å². The molecule has 0 amide bonds. The summed E-state index contributed by atoms with van der Waals surface area (Å²) in [5.74, 6) is -0.320. The maximum atomic E-state index is 13.9. The molecular weight excluding hydrogens is 462 g/mol. The molecule has 3 aliphatic rings. The number of carbonyl (C=O) groups is 1. The average molecular weight is 488 g/mol. The number of anilines is 2. The van der Waals surface area contributed by atoms with Crippen molar-refractivity contribution in [1.82, 2.24) is 0 Å².